The van der Waals surface area contributed by atoms with Crippen LogP contribution < -0.4 is 4.72 Å². The minimum Gasteiger partial charge on any atom is -0.280 e. The Balaban J connectivity index is 2.38. The van der Waals surface area contributed by atoms with Gasteiger partial charge in [-0.3, -0.25) is 4.72 Å². The van der Waals surface area contributed by atoms with Crippen molar-refractivity contribution >= 4 is 31.6 Å². The fourth-order valence-electron chi connectivity index (χ4n) is 1.53. The summed E-state index contributed by atoms with van der Waals surface area (Å²) in [5.41, 5.74) is -0.376. The summed E-state index contributed by atoms with van der Waals surface area (Å²) >= 11 is 2.95. The third-order valence-corrected chi connectivity index (χ3v) is 4.56. The minimum absolute atomic E-state index is 0.0125. The lowest BCUT2D eigenvalue weighted by Gasteiger charge is -2.09. The van der Waals surface area contributed by atoms with Crippen molar-refractivity contribution in [2.75, 3.05) is 4.72 Å². The van der Waals surface area contributed by atoms with Gasteiger partial charge >= 0.3 is 0 Å². The van der Waals surface area contributed by atoms with E-state index < -0.39 is 21.7 Å². The van der Waals surface area contributed by atoms with E-state index in [1.807, 2.05) is 0 Å². The molecule has 21 heavy (non-hydrogen) atoms. The summed E-state index contributed by atoms with van der Waals surface area (Å²) in [5.74, 6) is -1.45. The van der Waals surface area contributed by atoms with Crippen LogP contribution in [-0.2, 0) is 10.0 Å². The monoisotopic (exact) mass is 372 g/mol. The maximum absolute atomic E-state index is 13.4. The quantitative estimate of drug-likeness (QED) is 0.897. The summed E-state index contributed by atoms with van der Waals surface area (Å²) in [6, 6.07) is 8.07. The fraction of sp³-hybridized carbons (Fsp3) is 0. The molecule has 0 aliphatic carbocycles. The van der Waals surface area contributed by atoms with Gasteiger partial charge < -0.3 is 0 Å². The Hall–Kier alpha value is -1.98. The highest BCUT2D eigenvalue weighted by Gasteiger charge is 2.17. The van der Waals surface area contributed by atoms with E-state index in [0.717, 1.165) is 24.3 Å². The van der Waals surface area contributed by atoms with Crippen LogP contribution >= 0.6 is 15.9 Å². The molecule has 2 aromatic carbocycles. The third kappa shape index (κ3) is 3.37. The van der Waals surface area contributed by atoms with Crippen LogP contribution in [0.4, 0.5) is 14.5 Å². The Morgan fingerprint density at radius 2 is 1.81 bits per heavy atom. The maximum Gasteiger partial charge on any atom is 0.261 e. The van der Waals surface area contributed by atoms with E-state index in [2.05, 4.69) is 20.7 Å². The Kier molecular flexibility index (Phi) is 4.25. The number of nitrogens with one attached hydrogen (secondary N) is 1. The van der Waals surface area contributed by atoms with E-state index in [4.69, 9.17) is 5.26 Å². The Morgan fingerprint density at radius 3 is 2.43 bits per heavy atom. The van der Waals surface area contributed by atoms with Crippen LogP contribution in [0, 0.1) is 23.0 Å². The maximum atomic E-state index is 13.4. The molecule has 0 saturated heterocycles. The standard InChI is InChI=1S/C13H7BrF2N2O2S/c14-11-3-1-9(6-13(11)16)18-21(19,20)10-2-4-12(15)8(5-10)7-17/h1-6,18H. The van der Waals surface area contributed by atoms with E-state index in [1.54, 1.807) is 6.07 Å². The molecule has 0 aliphatic rings. The van der Waals surface area contributed by atoms with Crippen LogP contribution in [0.1, 0.15) is 5.56 Å². The lowest BCUT2D eigenvalue weighted by molar-refractivity contribution is 0.599. The average molecular weight is 373 g/mol. The summed E-state index contributed by atoms with van der Waals surface area (Å²) < 4.78 is 53.1. The summed E-state index contributed by atoms with van der Waals surface area (Å²) in [6.45, 7) is 0. The largest absolute Gasteiger partial charge is 0.280 e. The van der Waals surface area contributed by atoms with Gasteiger partial charge in [-0.05, 0) is 52.3 Å². The molecule has 0 heterocycles. The molecule has 8 heteroatoms. The van der Waals surface area contributed by atoms with Crippen LogP contribution in [-0.4, -0.2) is 8.42 Å². The van der Waals surface area contributed by atoms with Crippen molar-refractivity contribution in [1.82, 2.24) is 0 Å². The molecule has 0 amide bonds. The van der Waals surface area contributed by atoms with Gasteiger partial charge in [0.2, 0.25) is 0 Å². The number of halogens is 3. The number of anilines is 1. The highest BCUT2D eigenvalue weighted by Crippen LogP contribution is 2.22. The molecular weight excluding hydrogens is 366 g/mol. The second kappa shape index (κ2) is 5.79. The number of benzene rings is 2. The fourth-order valence-corrected chi connectivity index (χ4v) is 2.85. The van der Waals surface area contributed by atoms with Crippen molar-refractivity contribution < 1.29 is 17.2 Å². The zero-order valence-electron chi connectivity index (χ0n) is 10.3. The van der Waals surface area contributed by atoms with Crippen LogP contribution in [0.2, 0.25) is 0 Å². The molecule has 0 spiro atoms. The van der Waals surface area contributed by atoms with Crippen molar-refractivity contribution in [3.05, 3.63) is 58.1 Å². The van der Waals surface area contributed by atoms with Gasteiger partial charge in [-0.15, -0.1) is 0 Å². The highest BCUT2D eigenvalue weighted by atomic mass is 79.9. The first-order chi connectivity index (χ1) is 9.83. The number of rotatable bonds is 3. The molecule has 0 atom stereocenters. The molecule has 0 saturated carbocycles. The van der Waals surface area contributed by atoms with Gasteiger partial charge in [0.05, 0.1) is 20.6 Å². The summed E-state index contributed by atoms with van der Waals surface area (Å²) in [6.07, 6.45) is 0. The second-order valence-corrected chi connectivity index (χ2v) is 6.52. The van der Waals surface area contributed by atoms with Gasteiger partial charge in [-0.2, -0.15) is 5.26 Å². The third-order valence-electron chi connectivity index (χ3n) is 2.54. The molecule has 2 rings (SSSR count). The molecule has 108 valence electrons. The Morgan fingerprint density at radius 1 is 1.10 bits per heavy atom. The molecular formula is C13H7BrF2N2O2S. The normalized spacial score (nSPS) is 11.0. The Labute approximate surface area is 128 Å². The van der Waals surface area contributed by atoms with Crippen molar-refractivity contribution in [2.24, 2.45) is 0 Å². The van der Waals surface area contributed by atoms with E-state index in [-0.39, 0.29) is 20.6 Å². The zero-order chi connectivity index (χ0) is 15.6. The van der Waals surface area contributed by atoms with Crippen LogP contribution in [0.25, 0.3) is 0 Å². The lowest BCUT2D eigenvalue weighted by Crippen LogP contribution is -2.13. The number of nitrogens with zero attached hydrogens (tertiary/aromatic N) is 1. The average Bonchev–Trinajstić information content (AvgIpc) is 2.43. The second-order valence-electron chi connectivity index (χ2n) is 3.99. The molecule has 0 bridgehead atoms. The molecule has 0 unspecified atom stereocenters. The molecule has 0 fully saturated rings. The van der Waals surface area contributed by atoms with E-state index in [9.17, 15) is 17.2 Å². The van der Waals surface area contributed by atoms with Crippen molar-refractivity contribution in [3.8, 4) is 6.07 Å². The van der Waals surface area contributed by atoms with Crippen molar-refractivity contribution in [3.63, 3.8) is 0 Å². The number of hydrogen-bond acceptors (Lipinski definition) is 3. The van der Waals surface area contributed by atoms with E-state index in [1.165, 1.54) is 12.1 Å². The first kappa shape index (κ1) is 15.4. The smallest absolute Gasteiger partial charge is 0.261 e. The lowest BCUT2D eigenvalue weighted by atomic mass is 10.2. The van der Waals surface area contributed by atoms with Crippen molar-refractivity contribution in [1.29, 1.82) is 5.26 Å². The predicted octanol–water partition coefficient (Wildman–Crippen LogP) is 3.40. The summed E-state index contributed by atoms with van der Waals surface area (Å²) in [4.78, 5) is -0.288. The van der Waals surface area contributed by atoms with Gasteiger partial charge in [0.15, 0.2) is 0 Å². The number of hydrogen-bond donors (Lipinski definition) is 1. The summed E-state index contributed by atoms with van der Waals surface area (Å²) in [5, 5.41) is 8.71. The van der Waals surface area contributed by atoms with Crippen molar-refractivity contribution in [2.45, 2.75) is 4.90 Å². The number of sulfonamides is 1. The predicted molar refractivity (Wildman–Crippen MR) is 76.0 cm³/mol. The molecule has 4 nitrogen and oxygen atoms in total. The van der Waals surface area contributed by atoms with Gasteiger partial charge in [0.25, 0.3) is 10.0 Å². The van der Waals surface area contributed by atoms with Gasteiger partial charge in [-0.1, -0.05) is 0 Å². The van der Waals surface area contributed by atoms with Gasteiger partial charge in [0.1, 0.15) is 17.7 Å². The molecule has 0 radical (unpaired) electrons. The van der Waals surface area contributed by atoms with Crippen LogP contribution in [0.15, 0.2) is 45.8 Å². The topological polar surface area (TPSA) is 70.0 Å². The highest BCUT2D eigenvalue weighted by molar-refractivity contribution is 9.10. The Bertz CT molecular complexity index is 848. The number of nitriles is 1. The first-order valence-corrected chi connectivity index (χ1v) is 7.78. The van der Waals surface area contributed by atoms with Gasteiger partial charge in [-0.25, -0.2) is 17.2 Å². The summed E-state index contributed by atoms with van der Waals surface area (Å²) in [7, 11) is -4.04. The van der Waals surface area contributed by atoms with E-state index >= 15 is 0 Å². The molecule has 0 aromatic heterocycles. The zero-order valence-corrected chi connectivity index (χ0v) is 12.7. The first-order valence-electron chi connectivity index (χ1n) is 5.51. The molecule has 2 aromatic rings. The molecule has 0 aliphatic heterocycles. The van der Waals surface area contributed by atoms with Crippen LogP contribution in [0.3, 0.4) is 0 Å². The SMILES string of the molecule is N#Cc1cc(S(=O)(=O)Nc2ccc(Br)c(F)c2)ccc1F. The molecule has 1 N–H and O–H groups in total. The minimum atomic E-state index is -4.04. The van der Waals surface area contributed by atoms with E-state index in [0.29, 0.717) is 0 Å². The van der Waals surface area contributed by atoms with Crippen LogP contribution in [0.5, 0.6) is 0 Å². The van der Waals surface area contributed by atoms with Gasteiger partial charge in [0, 0.05) is 0 Å².